The lowest BCUT2D eigenvalue weighted by Gasteiger charge is -2.27. The predicted octanol–water partition coefficient (Wildman–Crippen LogP) is 1.03. The van der Waals surface area contributed by atoms with Crippen molar-refractivity contribution in [3.63, 3.8) is 0 Å². The van der Waals surface area contributed by atoms with Gasteiger partial charge in [-0.25, -0.2) is 4.68 Å². The molecule has 2 rings (SSSR count). The van der Waals surface area contributed by atoms with E-state index in [0.717, 1.165) is 19.4 Å². The molecule has 1 saturated heterocycles. The molecule has 7 heteroatoms. The third kappa shape index (κ3) is 3.75. The number of aromatic nitrogens is 2. The Balaban J connectivity index is 2.27. The Morgan fingerprint density at radius 3 is 2.95 bits per heavy atom. The van der Waals surface area contributed by atoms with Gasteiger partial charge in [0.15, 0.2) is 0 Å². The van der Waals surface area contributed by atoms with Gasteiger partial charge in [-0.15, -0.1) is 0 Å². The van der Waals surface area contributed by atoms with Crippen LogP contribution in [0.5, 0.6) is 0 Å². The molecule has 0 spiro atoms. The lowest BCUT2D eigenvalue weighted by atomic mass is 10.2. The van der Waals surface area contributed by atoms with Crippen LogP contribution in [0.3, 0.4) is 0 Å². The van der Waals surface area contributed by atoms with Crippen LogP contribution in [0.25, 0.3) is 0 Å². The van der Waals surface area contributed by atoms with Gasteiger partial charge in [0.1, 0.15) is 5.02 Å². The van der Waals surface area contributed by atoms with Crippen LogP contribution in [0, 0.1) is 0 Å². The van der Waals surface area contributed by atoms with E-state index in [9.17, 15) is 9.90 Å². The molecule has 0 radical (unpaired) electrons. The highest BCUT2D eigenvalue weighted by atomic mass is 35.5. The molecular formula is C14H23ClN4O2. The Morgan fingerprint density at radius 2 is 2.38 bits per heavy atom. The lowest BCUT2D eigenvalue weighted by molar-refractivity contribution is 0.300. The molecule has 118 valence electrons. The van der Waals surface area contributed by atoms with Crippen LogP contribution in [-0.2, 0) is 0 Å². The van der Waals surface area contributed by atoms with E-state index in [-0.39, 0.29) is 23.2 Å². The van der Waals surface area contributed by atoms with Crippen LogP contribution in [0.15, 0.2) is 11.0 Å². The molecule has 0 aliphatic carbocycles. The van der Waals surface area contributed by atoms with Gasteiger partial charge < -0.3 is 15.3 Å². The van der Waals surface area contributed by atoms with E-state index in [4.69, 9.17) is 11.6 Å². The van der Waals surface area contributed by atoms with Gasteiger partial charge in [0.25, 0.3) is 5.56 Å². The van der Waals surface area contributed by atoms with Crippen LogP contribution >= 0.6 is 11.6 Å². The zero-order valence-electron chi connectivity index (χ0n) is 12.5. The number of hydrogen-bond donors (Lipinski definition) is 2. The lowest BCUT2D eigenvalue weighted by Crippen LogP contribution is -2.40. The minimum Gasteiger partial charge on any atom is -0.395 e. The van der Waals surface area contributed by atoms with Crippen molar-refractivity contribution in [3.05, 3.63) is 21.6 Å². The van der Waals surface area contributed by atoms with E-state index in [1.165, 1.54) is 4.68 Å². The first-order valence-electron chi connectivity index (χ1n) is 7.41. The summed E-state index contributed by atoms with van der Waals surface area (Å²) in [6.45, 7) is 5.95. The molecule has 1 aliphatic rings. The maximum absolute atomic E-state index is 12.2. The zero-order chi connectivity index (χ0) is 15.4. The summed E-state index contributed by atoms with van der Waals surface area (Å²) in [5.41, 5.74) is 0.313. The number of halogens is 1. The van der Waals surface area contributed by atoms with Crippen molar-refractivity contribution in [2.45, 2.75) is 38.8 Å². The quantitative estimate of drug-likeness (QED) is 0.820. The van der Waals surface area contributed by atoms with Crippen LogP contribution in [-0.4, -0.2) is 47.2 Å². The molecule has 21 heavy (non-hydrogen) atoms. The van der Waals surface area contributed by atoms with Crippen molar-refractivity contribution in [1.82, 2.24) is 15.1 Å². The molecule has 0 amide bonds. The summed E-state index contributed by atoms with van der Waals surface area (Å²) in [4.78, 5) is 14.2. The van der Waals surface area contributed by atoms with Crippen LogP contribution in [0.1, 0.15) is 32.7 Å². The Morgan fingerprint density at radius 1 is 1.62 bits per heavy atom. The molecule has 0 aromatic carbocycles. The molecule has 1 aromatic heterocycles. The van der Waals surface area contributed by atoms with Gasteiger partial charge in [0, 0.05) is 19.1 Å². The van der Waals surface area contributed by atoms with Gasteiger partial charge in [-0.1, -0.05) is 11.6 Å². The van der Waals surface area contributed by atoms with E-state index >= 15 is 0 Å². The molecule has 1 aliphatic heterocycles. The number of rotatable bonds is 6. The third-order valence-corrected chi connectivity index (χ3v) is 4.08. The Hall–Kier alpha value is -1.11. The van der Waals surface area contributed by atoms with Crippen LogP contribution in [0.4, 0.5) is 5.69 Å². The van der Waals surface area contributed by atoms with Crippen molar-refractivity contribution in [3.8, 4) is 0 Å². The van der Waals surface area contributed by atoms with E-state index < -0.39 is 0 Å². The first kappa shape index (κ1) is 16.3. The van der Waals surface area contributed by atoms with Crippen molar-refractivity contribution in [1.29, 1.82) is 0 Å². The van der Waals surface area contributed by atoms with Crippen molar-refractivity contribution in [2.75, 3.05) is 31.1 Å². The standard InChI is InChI=1S/C14H23ClN4O2/c1-10(2)19-14(21)13(15)12(8-17-19)18(6-7-20)9-11-4-3-5-16-11/h8,10-11,16,20H,3-7,9H2,1-2H3. The normalized spacial score (nSPS) is 18.4. The molecule has 1 fully saturated rings. The molecule has 1 atom stereocenters. The molecule has 1 aromatic rings. The first-order valence-corrected chi connectivity index (χ1v) is 7.79. The topological polar surface area (TPSA) is 70.4 Å². The summed E-state index contributed by atoms with van der Waals surface area (Å²) in [6.07, 6.45) is 3.86. The van der Waals surface area contributed by atoms with Gasteiger partial charge in [-0.3, -0.25) is 4.79 Å². The highest BCUT2D eigenvalue weighted by Gasteiger charge is 2.21. The Kier molecular flexibility index (Phi) is 5.61. The van der Waals surface area contributed by atoms with Gasteiger partial charge in [-0.05, 0) is 33.2 Å². The second kappa shape index (κ2) is 7.24. The van der Waals surface area contributed by atoms with Crippen molar-refractivity contribution >= 4 is 17.3 Å². The van der Waals surface area contributed by atoms with Gasteiger partial charge >= 0.3 is 0 Å². The molecular weight excluding hydrogens is 292 g/mol. The van der Waals surface area contributed by atoms with E-state index in [1.54, 1.807) is 6.20 Å². The van der Waals surface area contributed by atoms with Gasteiger partial charge in [0.2, 0.25) is 0 Å². The second-order valence-corrected chi connectivity index (χ2v) is 6.03. The van der Waals surface area contributed by atoms with Crippen LogP contribution < -0.4 is 15.8 Å². The van der Waals surface area contributed by atoms with Gasteiger partial charge in [0.05, 0.1) is 24.5 Å². The average Bonchev–Trinajstić information content (AvgIpc) is 2.94. The number of aliphatic hydroxyl groups is 1. The molecule has 0 bridgehead atoms. The number of hydrogen-bond acceptors (Lipinski definition) is 5. The number of nitrogens with one attached hydrogen (secondary N) is 1. The number of anilines is 1. The smallest absolute Gasteiger partial charge is 0.287 e. The summed E-state index contributed by atoms with van der Waals surface area (Å²) >= 11 is 6.24. The summed E-state index contributed by atoms with van der Waals surface area (Å²) in [5, 5.41) is 17.0. The minimum absolute atomic E-state index is 0.0102. The molecule has 2 heterocycles. The highest BCUT2D eigenvalue weighted by Crippen LogP contribution is 2.22. The largest absolute Gasteiger partial charge is 0.395 e. The second-order valence-electron chi connectivity index (χ2n) is 5.65. The fourth-order valence-corrected chi connectivity index (χ4v) is 2.89. The summed E-state index contributed by atoms with van der Waals surface area (Å²) < 4.78 is 1.37. The third-order valence-electron chi connectivity index (χ3n) is 3.73. The van der Waals surface area contributed by atoms with Crippen molar-refractivity contribution in [2.24, 2.45) is 0 Å². The number of nitrogens with zero attached hydrogens (tertiary/aromatic N) is 3. The molecule has 1 unspecified atom stereocenters. The fraction of sp³-hybridized carbons (Fsp3) is 0.714. The summed E-state index contributed by atoms with van der Waals surface area (Å²) in [6, 6.07) is 0.326. The molecule has 0 saturated carbocycles. The SMILES string of the molecule is CC(C)n1ncc(N(CCO)CC2CCCN2)c(Cl)c1=O. The fourth-order valence-electron chi connectivity index (χ4n) is 2.63. The summed E-state index contributed by atoms with van der Waals surface area (Å²) in [7, 11) is 0. The zero-order valence-corrected chi connectivity index (χ0v) is 13.3. The first-order chi connectivity index (χ1) is 10.0. The predicted molar refractivity (Wildman–Crippen MR) is 84.2 cm³/mol. The monoisotopic (exact) mass is 314 g/mol. The molecule has 2 N–H and O–H groups in total. The summed E-state index contributed by atoms with van der Waals surface area (Å²) in [5.74, 6) is 0. The van der Waals surface area contributed by atoms with E-state index in [2.05, 4.69) is 10.4 Å². The highest BCUT2D eigenvalue weighted by molar-refractivity contribution is 6.33. The van der Waals surface area contributed by atoms with Crippen molar-refractivity contribution < 1.29 is 5.11 Å². The van der Waals surface area contributed by atoms with E-state index in [0.29, 0.717) is 24.8 Å². The Labute approximate surface area is 129 Å². The average molecular weight is 315 g/mol. The molecule has 6 nitrogen and oxygen atoms in total. The minimum atomic E-state index is -0.286. The maximum atomic E-state index is 12.2. The Bertz CT molecular complexity index is 526. The number of aliphatic hydroxyl groups excluding tert-OH is 1. The van der Waals surface area contributed by atoms with Crippen LogP contribution in [0.2, 0.25) is 5.02 Å². The van der Waals surface area contributed by atoms with E-state index in [1.807, 2.05) is 18.7 Å². The maximum Gasteiger partial charge on any atom is 0.287 e. The van der Waals surface area contributed by atoms with Gasteiger partial charge in [-0.2, -0.15) is 5.10 Å².